The minimum absolute atomic E-state index is 0.781. The lowest BCUT2D eigenvalue weighted by Gasteiger charge is -2.36. The van der Waals surface area contributed by atoms with Crippen LogP contribution in [0.25, 0.3) is 0 Å². The topological polar surface area (TPSA) is 63.1 Å². The van der Waals surface area contributed by atoms with E-state index in [2.05, 4.69) is 71.2 Å². The molecule has 0 atom stereocenters. The summed E-state index contributed by atoms with van der Waals surface area (Å²) in [6.07, 6.45) is 3.59. The van der Waals surface area contributed by atoms with Crippen LogP contribution in [0.3, 0.4) is 0 Å². The molecule has 0 bridgehead atoms. The van der Waals surface area contributed by atoms with Crippen molar-refractivity contribution < 1.29 is 0 Å². The van der Waals surface area contributed by atoms with Crippen LogP contribution in [0.4, 0.5) is 5.95 Å². The number of aliphatic imine (C=N–C) groups is 1. The van der Waals surface area contributed by atoms with Gasteiger partial charge in [0.2, 0.25) is 5.95 Å². The number of anilines is 1. The third-order valence-electron chi connectivity index (χ3n) is 6.10. The summed E-state index contributed by atoms with van der Waals surface area (Å²) in [6, 6.07) is 10.8. The first-order valence-corrected chi connectivity index (χ1v) is 11.2. The van der Waals surface area contributed by atoms with Gasteiger partial charge in [-0.1, -0.05) is 24.3 Å². The molecule has 1 N–H and O–H groups in total. The van der Waals surface area contributed by atoms with Crippen LogP contribution in [0.1, 0.15) is 11.1 Å². The number of nitrogens with zero attached hydrogens (tertiary/aromatic N) is 7. The van der Waals surface area contributed by atoms with E-state index in [0.717, 1.165) is 77.4 Å². The van der Waals surface area contributed by atoms with Crippen molar-refractivity contribution in [2.24, 2.45) is 4.99 Å². The normalized spacial score (nSPS) is 19.0. The van der Waals surface area contributed by atoms with Crippen molar-refractivity contribution in [2.75, 3.05) is 71.4 Å². The van der Waals surface area contributed by atoms with Crippen molar-refractivity contribution in [3.63, 3.8) is 0 Å². The number of hydrogen-bond acceptors (Lipinski definition) is 6. The van der Waals surface area contributed by atoms with Crippen molar-refractivity contribution in [3.05, 3.63) is 53.9 Å². The number of piperazine rings is 2. The number of guanidine groups is 1. The van der Waals surface area contributed by atoms with Crippen molar-refractivity contribution in [2.45, 2.75) is 13.1 Å². The van der Waals surface area contributed by atoms with Gasteiger partial charge in [-0.05, 0) is 24.2 Å². The zero-order valence-corrected chi connectivity index (χ0v) is 18.7. The van der Waals surface area contributed by atoms with Crippen molar-refractivity contribution >= 4 is 11.9 Å². The fourth-order valence-corrected chi connectivity index (χ4v) is 4.11. The Labute approximate surface area is 185 Å². The monoisotopic (exact) mass is 422 g/mol. The van der Waals surface area contributed by atoms with Crippen molar-refractivity contribution in [1.82, 2.24) is 30.0 Å². The molecular formula is C23H34N8. The first kappa shape index (κ1) is 21.5. The van der Waals surface area contributed by atoms with E-state index >= 15 is 0 Å². The zero-order valence-electron chi connectivity index (χ0n) is 18.7. The maximum Gasteiger partial charge on any atom is 0.225 e. The molecule has 0 spiro atoms. The van der Waals surface area contributed by atoms with Crippen molar-refractivity contribution in [3.8, 4) is 0 Å². The summed E-state index contributed by atoms with van der Waals surface area (Å²) in [4.78, 5) is 22.7. The van der Waals surface area contributed by atoms with E-state index in [4.69, 9.17) is 0 Å². The van der Waals surface area contributed by atoms with Crippen LogP contribution >= 0.6 is 0 Å². The van der Waals surface area contributed by atoms with Crippen LogP contribution < -0.4 is 10.2 Å². The SMILES string of the molecule is CN=C(NCc1ccc(CN2CCN(C)CC2)cc1)N1CCN(c2ncccn2)CC1. The second-order valence-electron chi connectivity index (χ2n) is 8.32. The molecule has 8 nitrogen and oxygen atoms in total. The van der Waals surface area contributed by atoms with Gasteiger partial charge in [-0.25, -0.2) is 9.97 Å². The van der Waals surface area contributed by atoms with E-state index in [1.54, 1.807) is 12.4 Å². The van der Waals surface area contributed by atoms with E-state index in [9.17, 15) is 0 Å². The lowest BCUT2D eigenvalue weighted by molar-refractivity contribution is 0.148. The molecule has 3 heterocycles. The molecule has 8 heteroatoms. The van der Waals surface area contributed by atoms with Crippen LogP contribution in [0.2, 0.25) is 0 Å². The van der Waals surface area contributed by atoms with Gasteiger partial charge in [0.25, 0.3) is 0 Å². The number of hydrogen-bond donors (Lipinski definition) is 1. The maximum atomic E-state index is 4.50. The Morgan fingerprint density at radius 3 is 2.19 bits per heavy atom. The fraction of sp³-hybridized carbons (Fsp3) is 0.522. The minimum atomic E-state index is 0.781. The largest absolute Gasteiger partial charge is 0.352 e. The summed E-state index contributed by atoms with van der Waals surface area (Å²) >= 11 is 0. The number of aromatic nitrogens is 2. The van der Waals surface area contributed by atoms with Gasteiger partial charge in [0.05, 0.1) is 0 Å². The van der Waals surface area contributed by atoms with Crippen molar-refractivity contribution in [1.29, 1.82) is 0 Å². The highest BCUT2D eigenvalue weighted by molar-refractivity contribution is 5.80. The summed E-state index contributed by atoms with van der Waals surface area (Å²) in [5, 5.41) is 3.53. The van der Waals surface area contributed by atoms with Crippen LogP contribution in [-0.2, 0) is 13.1 Å². The minimum Gasteiger partial charge on any atom is -0.352 e. The highest BCUT2D eigenvalue weighted by atomic mass is 15.4. The van der Waals surface area contributed by atoms with Gasteiger partial charge in [0.15, 0.2) is 5.96 Å². The molecule has 166 valence electrons. The summed E-state index contributed by atoms with van der Waals surface area (Å²) in [5.41, 5.74) is 2.66. The summed E-state index contributed by atoms with van der Waals surface area (Å²) < 4.78 is 0. The molecule has 2 aliphatic heterocycles. The van der Waals surface area contributed by atoms with Crippen LogP contribution in [-0.4, -0.2) is 97.1 Å². The second kappa shape index (κ2) is 10.5. The van der Waals surface area contributed by atoms with E-state index in [0.29, 0.717) is 0 Å². The number of rotatable bonds is 5. The average Bonchev–Trinajstić information content (AvgIpc) is 2.83. The van der Waals surface area contributed by atoms with Gasteiger partial charge in [-0.3, -0.25) is 9.89 Å². The molecule has 2 aliphatic rings. The molecule has 31 heavy (non-hydrogen) atoms. The summed E-state index contributed by atoms with van der Waals surface area (Å²) in [5.74, 6) is 1.76. The number of nitrogens with one attached hydrogen (secondary N) is 1. The lowest BCUT2D eigenvalue weighted by atomic mass is 10.1. The van der Waals surface area contributed by atoms with E-state index in [1.165, 1.54) is 11.1 Å². The second-order valence-corrected chi connectivity index (χ2v) is 8.32. The van der Waals surface area contributed by atoms with Gasteiger partial charge in [-0.15, -0.1) is 0 Å². The van der Waals surface area contributed by atoms with E-state index < -0.39 is 0 Å². The van der Waals surface area contributed by atoms with E-state index in [1.807, 2.05) is 13.1 Å². The quantitative estimate of drug-likeness (QED) is 0.572. The van der Waals surface area contributed by atoms with Gasteiger partial charge >= 0.3 is 0 Å². The molecule has 2 saturated heterocycles. The summed E-state index contributed by atoms with van der Waals surface area (Å²) in [7, 11) is 4.05. The average molecular weight is 423 g/mol. The summed E-state index contributed by atoms with van der Waals surface area (Å²) in [6.45, 7) is 10.0. The van der Waals surface area contributed by atoms with Crippen LogP contribution in [0.5, 0.6) is 0 Å². The van der Waals surface area contributed by atoms with Gasteiger partial charge < -0.3 is 20.0 Å². The highest BCUT2D eigenvalue weighted by Crippen LogP contribution is 2.12. The number of likely N-dealkylation sites (N-methyl/N-ethyl adjacent to an activating group) is 1. The first-order chi connectivity index (χ1) is 15.2. The molecule has 0 amide bonds. The standard InChI is InChI=1S/C23H34N8/c1-24-22(30-14-16-31(17-15-30)23-25-8-3-9-26-23)27-18-20-4-6-21(7-5-20)19-29-12-10-28(2)11-13-29/h3-9H,10-19H2,1-2H3,(H,24,27). The lowest BCUT2D eigenvalue weighted by Crippen LogP contribution is -2.52. The highest BCUT2D eigenvalue weighted by Gasteiger charge is 2.21. The molecular weight excluding hydrogens is 388 g/mol. The molecule has 2 fully saturated rings. The van der Waals surface area contributed by atoms with Gasteiger partial charge in [0.1, 0.15) is 0 Å². The molecule has 0 unspecified atom stereocenters. The molecule has 0 aliphatic carbocycles. The molecule has 1 aromatic heterocycles. The maximum absolute atomic E-state index is 4.50. The smallest absolute Gasteiger partial charge is 0.225 e. The third kappa shape index (κ3) is 5.92. The van der Waals surface area contributed by atoms with Gasteiger partial charge in [0, 0.05) is 84.9 Å². The Morgan fingerprint density at radius 1 is 0.903 bits per heavy atom. The Balaban J connectivity index is 1.23. The predicted octanol–water partition coefficient (Wildman–Crippen LogP) is 1.12. The molecule has 1 aromatic carbocycles. The van der Waals surface area contributed by atoms with Crippen LogP contribution in [0.15, 0.2) is 47.7 Å². The third-order valence-corrected chi connectivity index (χ3v) is 6.10. The van der Waals surface area contributed by atoms with E-state index in [-0.39, 0.29) is 0 Å². The predicted molar refractivity (Wildman–Crippen MR) is 125 cm³/mol. The molecule has 0 radical (unpaired) electrons. The molecule has 2 aromatic rings. The Bertz CT molecular complexity index is 822. The Kier molecular flexibility index (Phi) is 7.32. The molecule has 4 rings (SSSR count). The fourth-order valence-electron chi connectivity index (χ4n) is 4.11. The molecule has 0 saturated carbocycles. The van der Waals surface area contributed by atoms with Crippen LogP contribution in [0, 0.1) is 0 Å². The zero-order chi connectivity index (χ0) is 21.5. The first-order valence-electron chi connectivity index (χ1n) is 11.2. The van der Waals surface area contributed by atoms with Gasteiger partial charge in [-0.2, -0.15) is 0 Å². The number of benzene rings is 1. The Morgan fingerprint density at radius 2 is 1.55 bits per heavy atom. The Hall–Kier alpha value is -2.71.